The van der Waals surface area contributed by atoms with E-state index in [1.54, 1.807) is 7.11 Å². The van der Waals surface area contributed by atoms with Gasteiger partial charge < -0.3 is 9.47 Å². The molecule has 1 atom stereocenters. The Balaban J connectivity index is 1.36. The van der Waals surface area contributed by atoms with Crippen LogP contribution in [0.5, 0.6) is 11.5 Å². The molecule has 8 nitrogen and oxygen atoms in total. The average molecular weight is 534 g/mol. The molecule has 0 saturated heterocycles. The van der Waals surface area contributed by atoms with Crippen molar-refractivity contribution in [3.8, 4) is 39.8 Å². The third-order valence-corrected chi connectivity index (χ3v) is 7.71. The molecule has 39 heavy (non-hydrogen) atoms. The number of ether oxygens (including phenoxy) is 2. The van der Waals surface area contributed by atoms with Gasteiger partial charge in [0.1, 0.15) is 23.3 Å². The molecule has 0 spiro atoms. The second-order valence-corrected chi connectivity index (χ2v) is 10.4. The predicted octanol–water partition coefficient (Wildman–Crippen LogP) is 4.55. The zero-order valence-corrected chi connectivity index (χ0v) is 22.1. The van der Waals surface area contributed by atoms with Crippen LogP contribution in [0.15, 0.2) is 83.8 Å². The molecule has 0 N–H and O–H groups in total. The van der Waals surface area contributed by atoms with Crippen LogP contribution in [0.25, 0.3) is 39.4 Å². The fourth-order valence-electron chi connectivity index (χ4n) is 4.92. The maximum atomic E-state index is 13.4. The number of thiazole rings is 1. The predicted molar refractivity (Wildman–Crippen MR) is 151 cm³/mol. The van der Waals surface area contributed by atoms with Crippen molar-refractivity contribution in [1.29, 1.82) is 0 Å². The Bertz CT molecular complexity index is 1960. The first kappa shape index (κ1) is 23.4. The van der Waals surface area contributed by atoms with Gasteiger partial charge in [-0.2, -0.15) is 14.6 Å². The lowest BCUT2D eigenvalue weighted by atomic mass is 10.0. The highest BCUT2D eigenvalue weighted by atomic mass is 32.1. The molecule has 1 aliphatic rings. The number of nitrogens with zero attached hydrogens (tertiary/aromatic N) is 5. The fourth-order valence-corrected chi connectivity index (χ4v) is 5.82. The van der Waals surface area contributed by atoms with E-state index in [9.17, 15) is 4.79 Å². The van der Waals surface area contributed by atoms with Crippen LogP contribution in [-0.2, 0) is 6.42 Å². The number of benzene rings is 3. The topological polar surface area (TPSA) is 83.5 Å². The summed E-state index contributed by atoms with van der Waals surface area (Å²) in [7, 11) is 1.60. The maximum Gasteiger partial charge on any atom is 0.291 e. The van der Waals surface area contributed by atoms with Crippen molar-refractivity contribution in [3.05, 3.63) is 105 Å². The average Bonchev–Trinajstić information content (AvgIpc) is 3.72. The largest absolute Gasteiger partial charge is 0.496 e. The summed E-state index contributed by atoms with van der Waals surface area (Å²) in [6, 6.07) is 23.6. The van der Waals surface area contributed by atoms with Crippen molar-refractivity contribution in [2.75, 3.05) is 7.11 Å². The van der Waals surface area contributed by atoms with E-state index in [4.69, 9.17) is 14.6 Å². The lowest BCUT2D eigenvalue weighted by Gasteiger charge is -2.04. The maximum absolute atomic E-state index is 13.4. The van der Waals surface area contributed by atoms with Crippen molar-refractivity contribution in [2.45, 2.75) is 19.4 Å². The van der Waals surface area contributed by atoms with Gasteiger partial charge in [-0.3, -0.25) is 4.79 Å². The number of hydrogen-bond acceptors (Lipinski definition) is 7. The van der Waals surface area contributed by atoms with Crippen molar-refractivity contribution in [1.82, 2.24) is 24.4 Å². The standard InChI is InChI=1S/C30H23N5O3S/c1-18-14-20-15-19(12-13-24(20)38-18)27-21(17-34(32-27)22-8-4-3-5-9-22)16-26-29(36)35-30(39-26)31-28(33-35)23-10-6-7-11-25(23)37-2/h3-13,15-18H,14H2,1-2H3/b26-16-/t18-/m1/s1. The number of para-hydroxylation sites is 2. The molecule has 192 valence electrons. The van der Waals surface area contributed by atoms with Crippen molar-refractivity contribution in [3.63, 3.8) is 0 Å². The van der Waals surface area contributed by atoms with Crippen molar-refractivity contribution in [2.24, 2.45) is 0 Å². The summed E-state index contributed by atoms with van der Waals surface area (Å²) in [6.07, 6.45) is 4.84. The number of fused-ring (bicyclic) bond motifs is 2. The third-order valence-electron chi connectivity index (χ3n) is 6.75. The molecular formula is C30H23N5O3S. The van der Waals surface area contributed by atoms with Gasteiger partial charge in [0.05, 0.1) is 22.9 Å². The van der Waals surface area contributed by atoms with Gasteiger partial charge in [-0.1, -0.05) is 41.7 Å². The number of hydrogen-bond donors (Lipinski definition) is 0. The van der Waals surface area contributed by atoms with Crippen LogP contribution < -0.4 is 19.6 Å². The van der Waals surface area contributed by atoms with Crippen LogP contribution in [0.2, 0.25) is 0 Å². The molecule has 0 unspecified atom stereocenters. The molecule has 0 radical (unpaired) electrons. The van der Waals surface area contributed by atoms with Crippen LogP contribution >= 0.6 is 11.3 Å². The third kappa shape index (κ3) is 4.07. The Labute approximate surface area is 227 Å². The van der Waals surface area contributed by atoms with Gasteiger partial charge in [-0.25, -0.2) is 4.68 Å². The molecule has 7 rings (SSSR count). The van der Waals surface area contributed by atoms with Gasteiger partial charge in [0.25, 0.3) is 5.56 Å². The molecule has 6 aromatic rings. The van der Waals surface area contributed by atoms with Crippen molar-refractivity contribution >= 4 is 22.4 Å². The molecule has 0 aliphatic carbocycles. The van der Waals surface area contributed by atoms with E-state index in [1.165, 1.54) is 15.9 Å². The first-order valence-corrected chi connectivity index (χ1v) is 13.4. The minimum Gasteiger partial charge on any atom is -0.496 e. The highest BCUT2D eigenvalue weighted by Gasteiger charge is 2.21. The first-order valence-electron chi connectivity index (χ1n) is 12.6. The number of aromatic nitrogens is 5. The normalized spacial score (nSPS) is 15.0. The van der Waals surface area contributed by atoms with Gasteiger partial charge in [-0.15, -0.1) is 5.10 Å². The first-order chi connectivity index (χ1) is 19.1. The van der Waals surface area contributed by atoms with E-state index in [2.05, 4.69) is 23.1 Å². The monoisotopic (exact) mass is 533 g/mol. The van der Waals surface area contributed by atoms with E-state index < -0.39 is 0 Å². The fraction of sp³-hybridized carbons (Fsp3) is 0.133. The van der Waals surface area contributed by atoms with Gasteiger partial charge in [0.15, 0.2) is 5.82 Å². The Hall–Kier alpha value is -4.76. The lowest BCUT2D eigenvalue weighted by Crippen LogP contribution is -2.23. The van der Waals surface area contributed by atoms with E-state index >= 15 is 0 Å². The highest BCUT2D eigenvalue weighted by molar-refractivity contribution is 7.15. The van der Waals surface area contributed by atoms with E-state index in [0.29, 0.717) is 21.1 Å². The minimum absolute atomic E-state index is 0.154. The van der Waals surface area contributed by atoms with Gasteiger partial charge >= 0.3 is 0 Å². The number of methoxy groups -OCH3 is 1. The van der Waals surface area contributed by atoms with Crippen LogP contribution in [0.1, 0.15) is 18.1 Å². The minimum atomic E-state index is -0.224. The molecule has 0 saturated carbocycles. The summed E-state index contributed by atoms with van der Waals surface area (Å²) in [4.78, 5) is 18.6. The summed E-state index contributed by atoms with van der Waals surface area (Å²) in [5, 5.41) is 9.43. The lowest BCUT2D eigenvalue weighted by molar-refractivity contribution is 0.254. The van der Waals surface area contributed by atoms with Gasteiger partial charge in [0.2, 0.25) is 4.96 Å². The van der Waals surface area contributed by atoms with E-state index in [-0.39, 0.29) is 11.7 Å². The molecule has 3 aromatic heterocycles. The Morgan fingerprint density at radius 3 is 2.69 bits per heavy atom. The van der Waals surface area contributed by atoms with Gasteiger partial charge in [0, 0.05) is 23.7 Å². The molecular weight excluding hydrogens is 510 g/mol. The van der Waals surface area contributed by atoms with Crippen LogP contribution in [-0.4, -0.2) is 37.6 Å². The van der Waals surface area contributed by atoms with Gasteiger partial charge in [-0.05, 0) is 61.0 Å². The molecule has 0 fully saturated rings. The Morgan fingerprint density at radius 2 is 1.87 bits per heavy atom. The second-order valence-electron chi connectivity index (χ2n) is 9.41. The summed E-state index contributed by atoms with van der Waals surface area (Å²) < 4.78 is 15.1. The quantitative estimate of drug-likeness (QED) is 0.323. The zero-order chi connectivity index (χ0) is 26.5. The molecule has 9 heteroatoms. The Kier molecular flexibility index (Phi) is 5.52. The summed E-state index contributed by atoms with van der Waals surface area (Å²) in [6.45, 7) is 2.07. The molecule has 1 aliphatic heterocycles. The second kappa shape index (κ2) is 9.21. The summed E-state index contributed by atoms with van der Waals surface area (Å²) in [5.74, 6) is 2.02. The Morgan fingerprint density at radius 1 is 1.05 bits per heavy atom. The van der Waals surface area contributed by atoms with Crippen LogP contribution in [0.3, 0.4) is 0 Å². The molecule has 4 heterocycles. The smallest absolute Gasteiger partial charge is 0.291 e. The number of rotatable bonds is 5. The van der Waals surface area contributed by atoms with E-state index in [1.807, 2.05) is 83.7 Å². The molecule has 0 amide bonds. The van der Waals surface area contributed by atoms with Crippen molar-refractivity contribution < 1.29 is 9.47 Å². The zero-order valence-electron chi connectivity index (χ0n) is 21.2. The van der Waals surface area contributed by atoms with Crippen LogP contribution in [0, 0.1) is 0 Å². The summed E-state index contributed by atoms with van der Waals surface area (Å²) in [5.41, 5.74) is 5.19. The summed E-state index contributed by atoms with van der Waals surface area (Å²) >= 11 is 1.30. The van der Waals surface area contributed by atoms with Crippen LogP contribution in [0.4, 0.5) is 0 Å². The van der Waals surface area contributed by atoms with E-state index in [0.717, 1.165) is 45.8 Å². The molecule has 3 aromatic carbocycles. The molecule has 0 bridgehead atoms. The highest BCUT2D eigenvalue weighted by Crippen LogP contribution is 2.34. The SMILES string of the molecule is COc1ccccc1-c1nc2s/c(=C\c3cn(-c4ccccc4)nc3-c3ccc4c(c3)C[C@@H](C)O4)c(=O)n2n1.